The normalized spacial score (nSPS) is 12.6. The van der Waals surface area contributed by atoms with E-state index >= 15 is 0 Å². The van der Waals surface area contributed by atoms with Crippen LogP contribution in [0.5, 0.6) is 0 Å². The predicted octanol–water partition coefficient (Wildman–Crippen LogP) is 3.63. The maximum absolute atomic E-state index is 6.43. The number of aromatic nitrogens is 2. The van der Waals surface area contributed by atoms with Crippen LogP contribution in [-0.2, 0) is 19.4 Å². The molecule has 1 atom stereocenters. The summed E-state index contributed by atoms with van der Waals surface area (Å²) in [7, 11) is 0. The average molecular weight is 306 g/mol. The second-order valence-corrected chi connectivity index (χ2v) is 5.69. The average Bonchev–Trinajstić information content (AvgIpc) is 2.76. The molecule has 1 aromatic carbocycles. The van der Waals surface area contributed by atoms with Gasteiger partial charge in [-0.2, -0.15) is 5.10 Å². The fourth-order valence-corrected chi connectivity index (χ4v) is 2.91. The zero-order chi connectivity index (χ0) is 15.2. The zero-order valence-electron chi connectivity index (χ0n) is 13.1. The lowest BCUT2D eigenvalue weighted by Gasteiger charge is -2.19. The Hall–Kier alpha value is -1.32. The Morgan fingerprint density at radius 3 is 2.52 bits per heavy atom. The number of nitrogens with zero attached hydrogens (tertiary/aromatic N) is 2. The van der Waals surface area contributed by atoms with E-state index in [-0.39, 0.29) is 0 Å². The van der Waals surface area contributed by atoms with Crippen LogP contribution in [-0.4, -0.2) is 22.4 Å². The lowest BCUT2D eigenvalue weighted by atomic mass is 10.0. The van der Waals surface area contributed by atoms with E-state index in [9.17, 15) is 0 Å². The number of rotatable bonds is 7. The van der Waals surface area contributed by atoms with Crippen LogP contribution >= 0.6 is 11.6 Å². The lowest BCUT2D eigenvalue weighted by molar-refractivity contribution is 0.495. The molecule has 21 heavy (non-hydrogen) atoms. The number of halogens is 1. The van der Waals surface area contributed by atoms with Crippen molar-refractivity contribution in [2.75, 3.05) is 6.54 Å². The van der Waals surface area contributed by atoms with Crippen molar-refractivity contribution >= 4 is 11.6 Å². The van der Waals surface area contributed by atoms with Crippen molar-refractivity contribution in [1.82, 2.24) is 15.1 Å². The summed E-state index contributed by atoms with van der Waals surface area (Å²) in [6.45, 7) is 8.02. The number of hydrogen-bond acceptors (Lipinski definition) is 2. The molecule has 0 aliphatic heterocycles. The van der Waals surface area contributed by atoms with Crippen molar-refractivity contribution in [3.8, 4) is 0 Å². The van der Waals surface area contributed by atoms with E-state index in [0.29, 0.717) is 6.04 Å². The van der Waals surface area contributed by atoms with Gasteiger partial charge in [-0.15, -0.1) is 0 Å². The van der Waals surface area contributed by atoms with Crippen LogP contribution in [0, 0.1) is 6.92 Å². The molecule has 1 heterocycles. The molecule has 0 amide bonds. The quantitative estimate of drug-likeness (QED) is 0.846. The lowest BCUT2D eigenvalue weighted by Crippen LogP contribution is -2.33. The number of hydrogen-bond donors (Lipinski definition) is 1. The third kappa shape index (κ3) is 4.08. The minimum Gasteiger partial charge on any atom is -0.314 e. The highest BCUT2D eigenvalue weighted by Crippen LogP contribution is 2.22. The third-order valence-electron chi connectivity index (χ3n) is 3.71. The Morgan fingerprint density at radius 1 is 1.19 bits per heavy atom. The van der Waals surface area contributed by atoms with Gasteiger partial charge in [0, 0.05) is 19.0 Å². The second kappa shape index (κ2) is 7.62. The SMILES string of the molecule is CCNC(Cc1ccccc1)Cc1c(Cl)c(C)nn1CC. The number of nitrogens with one attached hydrogen (secondary N) is 1. The van der Waals surface area contributed by atoms with Crippen LogP contribution in [0.1, 0.15) is 30.8 Å². The molecular weight excluding hydrogens is 282 g/mol. The van der Waals surface area contributed by atoms with Gasteiger partial charge in [-0.05, 0) is 32.4 Å². The largest absolute Gasteiger partial charge is 0.314 e. The zero-order valence-corrected chi connectivity index (χ0v) is 13.8. The van der Waals surface area contributed by atoms with Gasteiger partial charge in [0.15, 0.2) is 0 Å². The molecular formula is C17H24ClN3. The summed E-state index contributed by atoms with van der Waals surface area (Å²) in [4.78, 5) is 0. The number of benzene rings is 1. The summed E-state index contributed by atoms with van der Waals surface area (Å²) in [6.07, 6.45) is 1.90. The molecule has 1 aromatic heterocycles. The van der Waals surface area contributed by atoms with Crippen molar-refractivity contribution in [1.29, 1.82) is 0 Å². The monoisotopic (exact) mass is 305 g/mol. The van der Waals surface area contributed by atoms with Gasteiger partial charge in [0.25, 0.3) is 0 Å². The first-order valence-electron chi connectivity index (χ1n) is 7.64. The van der Waals surface area contributed by atoms with Crippen molar-refractivity contribution in [3.63, 3.8) is 0 Å². The molecule has 0 saturated carbocycles. The molecule has 0 spiro atoms. The molecule has 114 valence electrons. The summed E-state index contributed by atoms with van der Waals surface area (Å²) in [5, 5.41) is 8.89. The Kier molecular flexibility index (Phi) is 5.83. The molecule has 1 unspecified atom stereocenters. The highest BCUT2D eigenvalue weighted by molar-refractivity contribution is 6.31. The van der Waals surface area contributed by atoms with Crippen molar-refractivity contribution in [3.05, 3.63) is 52.3 Å². The van der Waals surface area contributed by atoms with E-state index in [2.05, 4.69) is 54.6 Å². The molecule has 4 heteroatoms. The molecule has 0 saturated heterocycles. The van der Waals surface area contributed by atoms with Gasteiger partial charge < -0.3 is 5.32 Å². The minimum absolute atomic E-state index is 0.372. The van der Waals surface area contributed by atoms with Crippen LogP contribution < -0.4 is 5.32 Å². The van der Waals surface area contributed by atoms with Crippen molar-refractivity contribution < 1.29 is 0 Å². The van der Waals surface area contributed by atoms with E-state index in [4.69, 9.17) is 11.6 Å². The summed E-state index contributed by atoms with van der Waals surface area (Å²) in [6, 6.07) is 11.0. The van der Waals surface area contributed by atoms with E-state index in [1.54, 1.807) is 0 Å². The Balaban J connectivity index is 2.16. The highest BCUT2D eigenvalue weighted by Gasteiger charge is 2.17. The molecule has 0 aliphatic carbocycles. The Morgan fingerprint density at radius 2 is 1.90 bits per heavy atom. The predicted molar refractivity (Wildman–Crippen MR) is 89.0 cm³/mol. The summed E-state index contributed by atoms with van der Waals surface area (Å²) in [5.41, 5.74) is 3.40. The summed E-state index contributed by atoms with van der Waals surface area (Å²) in [5.74, 6) is 0. The molecule has 2 aromatic rings. The fraction of sp³-hybridized carbons (Fsp3) is 0.471. The number of aryl methyl sites for hydroxylation is 2. The van der Waals surface area contributed by atoms with Gasteiger partial charge in [0.2, 0.25) is 0 Å². The van der Waals surface area contributed by atoms with Gasteiger partial charge >= 0.3 is 0 Å². The van der Waals surface area contributed by atoms with Gasteiger partial charge in [0.05, 0.1) is 16.4 Å². The maximum Gasteiger partial charge on any atom is 0.0847 e. The standard InChI is InChI=1S/C17H24ClN3/c1-4-19-15(11-14-9-7-6-8-10-14)12-16-17(18)13(3)20-21(16)5-2/h6-10,15,19H,4-5,11-12H2,1-3H3. The molecule has 3 nitrogen and oxygen atoms in total. The molecule has 2 rings (SSSR count). The smallest absolute Gasteiger partial charge is 0.0847 e. The van der Waals surface area contributed by atoms with E-state index in [1.165, 1.54) is 5.56 Å². The Labute approximate surface area is 132 Å². The minimum atomic E-state index is 0.372. The molecule has 1 N–H and O–H groups in total. The van der Waals surface area contributed by atoms with Crippen molar-refractivity contribution in [2.45, 2.75) is 46.2 Å². The molecule has 0 radical (unpaired) electrons. The van der Waals surface area contributed by atoms with Crippen LogP contribution in [0.3, 0.4) is 0 Å². The Bertz CT molecular complexity index is 563. The van der Waals surface area contributed by atoms with Gasteiger partial charge in [0.1, 0.15) is 0 Å². The van der Waals surface area contributed by atoms with Gasteiger partial charge in [-0.1, -0.05) is 48.9 Å². The second-order valence-electron chi connectivity index (χ2n) is 5.31. The first-order valence-corrected chi connectivity index (χ1v) is 8.02. The van der Waals surface area contributed by atoms with E-state index in [0.717, 1.165) is 42.3 Å². The number of likely N-dealkylation sites (N-methyl/N-ethyl adjacent to an activating group) is 1. The first kappa shape index (κ1) is 16.1. The van der Waals surface area contributed by atoms with Crippen LogP contribution in [0.4, 0.5) is 0 Å². The fourth-order valence-electron chi connectivity index (χ4n) is 2.70. The maximum atomic E-state index is 6.43. The molecule has 0 bridgehead atoms. The van der Waals surface area contributed by atoms with Gasteiger partial charge in [-0.3, -0.25) is 4.68 Å². The topological polar surface area (TPSA) is 29.9 Å². The third-order valence-corrected chi connectivity index (χ3v) is 4.20. The van der Waals surface area contributed by atoms with Crippen molar-refractivity contribution in [2.24, 2.45) is 0 Å². The van der Waals surface area contributed by atoms with Gasteiger partial charge in [-0.25, -0.2) is 0 Å². The molecule has 0 fully saturated rings. The first-order chi connectivity index (χ1) is 10.2. The van der Waals surface area contributed by atoms with Crippen LogP contribution in [0.15, 0.2) is 30.3 Å². The van der Waals surface area contributed by atoms with E-state index in [1.807, 2.05) is 11.6 Å². The highest BCUT2D eigenvalue weighted by atomic mass is 35.5. The summed E-state index contributed by atoms with van der Waals surface area (Å²) >= 11 is 6.43. The summed E-state index contributed by atoms with van der Waals surface area (Å²) < 4.78 is 2.02. The molecule has 0 aliphatic rings. The van der Waals surface area contributed by atoms with Crippen LogP contribution in [0.25, 0.3) is 0 Å². The van der Waals surface area contributed by atoms with E-state index < -0.39 is 0 Å². The van der Waals surface area contributed by atoms with Crippen LogP contribution in [0.2, 0.25) is 5.02 Å².